The Morgan fingerprint density at radius 3 is 2.56 bits per heavy atom. The minimum Gasteiger partial charge on any atom is -0.495 e. The normalized spacial score (nSPS) is 13.6. The van der Waals surface area contributed by atoms with Crippen molar-refractivity contribution in [3.63, 3.8) is 0 Å². The largest absolute Gasteiger partial charge is 0.495 e. The molecule has 3 N–H and O–H groups in total. The molecule has 36 heavy (non-hydrogen) atoms. The van der Waals surface area contributed by atoms with E-state index in [1.807, 2.05) is 12.1 Å². The summed E-state index contributed by atoms with van der Waals surface area (Å²) < 4.78 is 31.3. The molecule has 1 aliphatic rings. The molecule has 1 aromatic heterocycles. The lowest BCUT2D eigenvalue weighted by molar-refractivity contribution is 0.0903. The number of nitrogens with zero attached hydrogens (tertiary/aromatic N) is 3. The Kier molecular flexibility index (Phi) is 8.17. The summed E-state index contributed by atoms with van der Waals surface area (Å²) in [6.45, 7) is 0.896. The molecule has 190 valence electrons. The van der Waals surface area contributed by atoms with Crippen molar-refractivity contribution in [1.29, 1.82) is 0 Å². The van der Waals surface area contributed by atoms with Gasteiger partial charge in [-0.3, -0.25) is 9.69 Å². The summed E-state index contributed by atoms with van der Waals surface area (Å²) in [5, 5.41) is 9.18. The average Bonchev–Trinajstić information content (AvgIpc) is 3.06. The van der Waals surface area contributed by atoms with Crippen molar-refractivity contribution in [1.82, 2.24) is 20.2 Å². The molecule has 11 heteroatoms. The maximum absolute atomic E-state index is 12.9. The number of nitrogens with one attached hydrogen (secondary N) is 3. The van der Waals surface area contributed by atoms with E-state index in [1.54, 1.807) is 43.3 Å². The number of carbonyl (C=O) groups excluding carboxylic acids is 1. The number of ether oxygens (including phenoxy) is 1. The van der Waals surface area contributed by atoms with Gasteiger partial charge in [-0.2, -0.15) is 4.98 Å². The number of rotatable bonds is 8. The predicted octanol–water partition coefficient (Wildman–Crippen LogP) is 4.65. The van der Waals surface area contributed by atoms with Crippen LogP contribution in [0.5, 0.6) is 5.75 Å². The standard InChI is InChI=1S/C25H27ClF2N6O2/c1-29-24(35)17-5-3-4-6-19(17)31-23-18(26)13-30-25(33-23)32-20-11-15-7-9-34(14-22(27)28)10-8-16(15)12-21(20)36-2/h3-6,11-13,22H,7-10,14H2,1-2H3,(H,29,35)(H2,30,31,32,33). The van der Waals surface area contributed by atoms with E-state index < -0.39 is 6.43 Å². The van der Waals surface area contributed by atoms with Gasteiger partial charge in [0, 0.05) is 20.1 Å². The fourth-order valence-electron chi connectivity index (χ4n) is 4.13. The molecule has 0 fully saturated rings. The van der Waals surface area contributed by atoms with Gasteiger partial charge in [0.25, 0.3) is 12.3 Å². The number of fused-ring (bicyclic) bond motifs is 1. The number of methoxy groups -OCH3 is 1. The lowest BCUT2D eigenvalue weighted by atomic mass is 10.0. The zero-order valence-corrected chi connectivity index (χ0v) is 20.7. The van der Waals surface area contributed by atoms with E-state index >= 15 is 0 Å². The minimum atomic E-state index is -2.36. The van der Waals surface area contributed by atoms with Crippen LogP contribution < -0.4 is 20.7 Å². The van der Waals surface area contributed by atoms with Gasteiger partial charge in [0.15, 0.2) is 5.82 Å². The zero-order valence-electron chi connectivity index (χ0n) is 19.9. The van der Waals surface area contributed by atoms with Gasteiger partial charge < -0.3 is 20.7 Å². The van der Waals surface area contributed by atoms with E-state index in [1.165, 1.54) is 6.20 Å². The second kappa shape index (κ2) is 11.5. The SMILES string of the molecule is CNC(=O)c1ccccc1Nc1nc(Nc2cc3c(cc2OC)CCN(CC(F)F)CC3)ncc1Cl. The Balaban J connectivity index is 1.58. The number of amides is 1. The lowest BCUT2D eigenvalue weighted by Gasteiger charge is -2.18. The van der Waals surface area contributed by atoms with E-state index in [9.17, 15) is 13.6 Å². The molecule has 1 amide bonds. The number of carbonyl (C=O) groups is 1. The van der Waals surface area contributed by atoms with Crippen molar-refractivity contribution in [3.8, 4) is 5.75 Å². The average molecular weight is 517 g/mol. The molecule has 2 heterocycles. The van der Waals surface area contributed by atoms with Crippen molar-refractivity contribution in [3.05, 3.63) is 64.3 Å². The smallest absolute Gasteiger partial charge is 0.253 e. The molecule has 0 radical (unpaired) electrons. The molecule has 1 aliphatic heterocycles. The number of hydrogen-bond donors (Lipinski definition) is 3. The van der Waals surface area contributed by atoms with Gasteiger partial charge in [0.05, 0.1) is 36.8 Å². The molecule has 0 saturated carbocycles. The molecular formula is C25H27ClF2N6O2. The Morgan fingerprint density at radius 1 is 1.14 bits per heavy atom. The molecule has 0 saturated heterocycles. The summed E-state index contributed by atoms with van der Waals surface area (Å²) in [6, 6.07) is 10.9. The second-order valence-corrected chi connectivity index (χ2v) is 8.68. The van der Waals surface area contributed by atoms with Gasteiger partial charge in [0.2, 0.25) is 5.95 Å². The van der Waals surface area contributed by atoms with Crippen LogP contribution >= 0.6 is 11.6 Å². The first kappa shape index (κ1) is 25.6. The van der Waals surface area contributed by atoms with E-state index in [2.05, 4.69) is 25.9 Å². The zero-order chi connectivity index (χ0) is 25.7. The highest BCUT2D eigenvalue weighted by Gasteiger charge is 2.20. The highest BCUT2D eigenvalue weighted by Crippen LogP contribution is 2.33. The van der Waals surface area contributed by atoms with E-state index in [0.717, 1.165) is 11.1 Å². The number of halogens is 3. The summed E-state index contributed by atoms with van der Waals surface area (Å²) in [6.07, 6.45) is 0.409. The Hall–Kier alpha value is -3.50. The Morgan fingerprint density at radius 2 is 1.86 bits per heavy atom. The number of aromatic nitrogens is 2. The van der Waals surface area contributed by atoms with Gasteiger partial charge in [-0.05, 0) is 48.2 Å². The van der Waals surface area contributed by atoms with Gasteiger partial charge in [-0.25, -0.2) is 13.8 Å². The monoisotopic (exact) mass is 516 g/mol. The van der Waals surface area contributed by atoms with Crippen molar-refractivity contribution in [2.45, 2.75) is 19.3 Å². The fourth-order valence-corrected chi connectivity index (χ4v) is 4.27. The third kappa shape index (κ3) is 6.00. The van der Waals surface area contributed by atoms with Crippen molar-refractivity contribution < 1.29 is 18.3 Å². The number of benzene rings is 2. The molecule has 0 atom stereocenters. The quantitative estimate of drug-likeness (QED) is 0.401. The third-order valence-electron chi connectivity index (χ3n) is 5.96. The van der Waals surface area contributed by atoms with E-state index in [4.69, 9.17) is 16.3 Å². The maximum atomic E-state index is 12.9. The molecule has 0 unspecified atom stereocenters. The summed E-state index contributed by atoms with van der Waals surface area (Å²) in [5.74, 6) is 0.935. The number of para-hydroxylation sites is 1. The van der Waals surface area contributed by atoms with E-state index in [0.29, 0.717) is 54.4 Å². The van der Waals surface area contributed by atoms with Crippen molar-refractivity contribution in [2.75, 3.05) is 44.4 Å². The van der Waals surface area contributed by atoms with Crippen molar-refractivity contribution >= 4 is 40.6 Å². The first-order valence-corrected chi connectivity index (χ1v) is 11.8. The van der Waals surface area contributed by atoms with E-state index in [-0.39, 0.29) is 23.4 Å². The van der Waals surface area contributed by atoms with Gasteiger partial charge in [-0.1, -0.05) is 23.7 Å². The molecule has 8 nitrogen and oxygen atoms in total. The number of alkyl halides is 2. The predicted molar refractivity (Wildman–Crippen MR) is 136 cm³/mol. The minimum absolute atomic E-state index is 0.229. The summed E-state index contributed by atoms with van der Waals surface area (Å²) in [5.41, 5.74) is 3.76. The van der Waals surface area contributed by atoms with Crippen LogP contribution in [0.1, 0.15) is 21.5 Å². The van der Waals surface area contributed by atoms with Crippen LogP contribution in [0.4, 0.5) is 31.9 Å². The van der Waals surface area contributed by atoms with Crippen LogP contribution in [-0.2, 0) is 12.8 Å². The van der Waals surface area contributed by atoms with Crippen LogP contribution in [-0.4, -0.2) is 61.0 Å². The highest BCUT2D eigenvalue weighted by atomic mass is 35.5. The molecule has 4 rings (SSSR count). The highest BCUT2D eigenvalue weighted by molar-refractivity contribution is 6.33. The summed E-state index contributed by atoms with van der Waals surface area (Å²) in [7, 11) is 3.13. The van der Waals surface area contributed by atoms with Gasteiger partial charge in [0.1, 0.15) is 10.8 Å². The van der Waals surface area contributed by atoms with Crippen LogP contribution in [0.2, 0.25) is 5.02 Å². The summed E-state index contributed by atoms with van der Waals surface area (Å²) >= 11 is 6.34. The van der Waals surface area contributed by atoms with Crippen LogP contribution in [0.25, 0.3) is 0 Å². The molecule has 0 bridgehead atoms. The molecular weight excluding hydrogens is 490 g/mol. The summed E-state index contributed by atoms with van der Waals surface area (Å²) in [4.78, 5) is 22.8. The topological polar surface area (TPSA) is 91.4 Å². The fraction of sp³-hybridized carbons (Fsp3) is 0.320. The number of anilines is 4. The molecule has 0 aliphatic carbocycles. The second-order valence-electron chi connectivity index (χ2n) is 8.28. The molecule has 0 spiro atoms. The Bertz CT molecular complexity index is 1240. The van der Waals surface area contributed by atoms with Crippen LogP contribution in [0.3, 0.4) is 0 Å². The first-order valence-electron chi connectivity index (χ1n) is 11.5. The number of hydrogen-bond acceptors (Lipinski definition) is 7. The van der Waals surface area contributed by atoms with Crippen molar-refractivity contribution in [2.24, 2.45) is 0 Å². The maximum Gasteiger partial charge on any atom is 0.253 e. The first-order chi connectivity index (χ1) is 17.4. The Labute approximate surface area is 213 Å². The van der Waals surface area contributed by atoms with Crippen LogP contribution in [0.15, 0.2) is 42.6 Å². The molecule has 3 aromatic rings. The van der Waals surface area contributed by atoms with Gasteiger partial charge in [-0.15, -0.1) is 0 Å². The van der Waals surface area contributed by atoms with Gasteiger partial charge >= 0.3 is 0 Å². The molecule has 2 aromatic carbocycles. The lowest BCUT2D eigenvalue weighted by Crippen LogP contribution is -2.31. The van der Waals surface area contributed by atoms with Crippen LogP contribution in [0, 0.1) is 0 Å². The third-order valence-corrected chi connectivity index (χ3v) is 6.23.